The van der Waals surface area contributed by atoms with Gasteiger partial charge in [-0.1, -0.05) is 126 Å². The Morgan fingerprint density at radius 2 is 1.47 bits per heavy atom. The van der Waals surface area contributed by atoms with E-state index in [0.717, 1.165) is 58.1 Å². The van der Waals surface area contributed by atoms with Gasteiger partial charge in [-0.05, 0) is 84.7 Å². The highest BCUT2D eigenvalue weighted by Crippen LogP contribution is 2.42. The van der Waals surface area contributed by atoms with E-state index < -0.39 is 0 Å². The van der Waals surface area contributed by atoms with Crippen molar-refractivity contribution in [2.75, 3.05) is 22.6 Å². The second kappa shape index (κ2) is 15.9. The minimum atomic E-state index is -0.171. The summed E-state index contributed by atoms with van der Waals surface area (Å²) < 4.78 is 0. The van der Waals surface area contributed by atoms with Crippen LogP contribution in [-0.4, -0.2) is 18.8 Å². The van der Waals surface area contributed by atoms with Crippen molar-refractivity contribution in [3.05, 3.63) is 168 Å². The smallest absolute Gasteiger partial charge is 0.0969 e. The molecular formula is C45H52N4. The van der Waals surface area contributed by atoms with Crippen molar-refractivity contribution in [1.82, 2.24) is 0 Å². The van der Waals surface area contributed by atoms with E-state index in [1.165, 1.54) is 22.4 Å². The molecule has 0 saturated heterocycles. The predicted octanol–water partition coefficient (Wildman–Crippen LogP) is 12.1. The van der Waals surface area contributed by atoms with Gasteiger partial charge < -0.3 is 15.5 Å². The molecule has 2 N–H and O–H groups in total. The summed E-state index contributed by atoms with van der Waals surface area (Å²) >= 11 is 0. The van der Waals surface area contributed by atoms with Crippen molar-refractivity contribution in [3.63, 3.8) is 0 Å². The number of nitrogens with zero attached hydrogens (tertiary/aromatic N) is 2. The van der Waals surface area contributed by atoms with Crippen LogP contribution >= 0.6 is 0 Å². The van der Waals surface area contributed by atoms with Gasteiger partial charge in [-0.15, -0.1) is 0 Å². The monoisotopic (exact) mass is 648 g/mol. The number of fused-ring (bicyclic) bond motifs is 1. The molecule has 4 aromatic carbocycles. The third kappa shape index (κ3) is 8.14. The van der Waals surface area contributed by atoms with Gasteiger partial charge >= 0.3 is 0 Å². The second-order valence-electron chi connectivity index (χ2n) is 13.7. The number of aliphatic imine (C=N–C) groups is 1. The molecule has 252 valence electrons. The van der Waals surface area contributed by atoms with Crippen LogP contribution in [0.15, 0.2) is 151 Å². The maximum atomic E-state index is 5.33. The standard InChI is InChI=1S/C45H52N4/c1-10-41-39-22-15-14-21-38(39)40(28-27-32(6)29-33(7)46-35-19-12-11-13-20-35)44(47-41)34(8)49(9)43-26-17-16-25-42(43)48-45-36(30(2)3)23-18-24-37(45)31(4)5/h10-26,29-31,40,44,46,48H,1,6,8,27-28H2,2-5,7,9H3/b33-29+. The van der Waals surface area contributed by atoms with E-state index in [2.05, 4.69) is 155 Å². The highest BCUT2D eigenvalue weighted by Gasteiger charge is 2.33. The Balaban J connectivity index is 1.44. The summed E-state index contributed by atoms with van der Waals surface area (Å²) in [7, 11) is 2.11. The summed E-state index contributed by atoms with van der Waals surface area (Å²) in [6, 6.07) is 33.8. The second-order valence-corrected chi connectivity index (χ2v) is 13.7. The van der Waals surface area contributed by atoms with Gasteiger partial charge in [0.1, 0.15) is 0 Å². The Kier molecular flexibility index (Phi) is 11.4. The number of likely N-dealkylation sites (N-methyl/N-ethyl adjacent to an activating group) is 1. The SMILES string of the molecule is C=CC1=NC(C(=C)N(C)c2ccccc2Nc2c(C(C)C)cccc2C(C)C)C(CCC(=C)/C=C(\C)Nc2ccccc2)c2ccccc21. The highest BCUT2D eigenvalue weighted by atomic mass is 15.2. The fraction of sp³-hybridized carbons (Fsp3) is 0.267. The number of rotatable bonds is 14. The molecule has 4 aromatic rings. The van der Waals surface area contributed by atoms with Crippen LogP contribution in [0.5, 0.6) is 0 Å². The molecule has 5 rings (SSSR count). The minimum Gasteiger partial charge on any atom is -0.359 e. The van der Waals surface area contributed by atoms with Gasteiger partial charge in [0, 0.05) is 41.3 Å². The van der Waals surface area contributed by atoms with Gasteiger partial charge in [-0.2, -0.15) is 0 Å². The van der Waals surface area contributed by atoms with Gasteiger partial charge in [-0.25, -0.2) is 0 Å². The summed E-state index contributed by atoms with van der Waals surface area (Å²) in [5.41, 5.74) is 13.4. The number of allylic oxidation sites excluding steroid dienone is 4. The lowest BCUT2D eigenvalue weighted by atomic mass is 9.79. The van der Waals surface area contributed by atoms with Crippen LogP contribution in [0.4, 0.5) is 22.7 Å². The largest absolute Gasteiger partial charge is 0.359 e. The first-order valence-corrected chi connectivity index (χ1v) is 17.5. The third-order valence-electron chi connectivity index (χ3n) is 9.47. The average molecular weight is 649 g/mol. The molecule has 0 aromatic heterocycles. The van der Waals surface area contributed by atoms with Gasteiger partial charge in [0.25, 0.3) is 0 Å². The molecule has 0 fully saturated rings. The van der Waals surface area contributed by atoms with E-state index in [-0.39, 0.29) is 12.0 Å². The molecule has 0 radical (unpaired) electrons. The predicted molar refractivity (Wildman–Crippen MR) is 214 cm³/mol. The molecule has 4 nitrogen and oxygen atoms in total. The zero-order chi connectivity index (χ0) is 35.1. The molecule has 0 saturated carbocycles. The topological polar surface area (TPSA) is 39.7 Å². The first kappa shape index (κ1) is 35.2. The van der Waals surface area contributed by atoms with Crippen LogP contribution in [-0.2, 0) is 0 Å². The van der Waals surface area contributed by atoms with Crippen LogP contribution in [0.1, 0.15) is 87.5 Å². The maximum Gasteiger partial charge on any atom is 0.0969 e. The molecule has 2 atom stereocenters. The van der Waals surface area contributed by atoms with E-state index in [1.54, 1.807) is 0 Å². The Bertz CT molecular complexity index is 1830. The van der Waals surface area contributed by atoms with E-state index in [0.29, 0.717) is 11.8 Å². The zero-order valence-electron chi connectivity index (χ0n) is 30.1. The first-order chi connectivity index (χ1) is 23.6. The Morgan fingerprint density at radius 3 is 2.14 bits per heavy atom. The van der Waals surface area contributed by atoms with Crippen molar-refractivity contribution in [3.8, 4) is 0 Å². The lowest BCUT2D eigenvalue weighted by Gasteiger charge is -2.37. The molecule has 0 aliphatic carbocycles. The molecule has 4 heteroatoms. The van der Waals surface area contributed by atoms with Crippen LogP contribution < -0.4 is 15.5 Å². The van der Waals surface area contributed by atoms with E-state index in [4.69, 9.17) is 11.6 Å². The number of para-hydroxylation sites is 4. The molecule has 0 bridgehead atoms. The van der Waals surface area contributed by atoms with Crippen LogP contribution in [0, 0.1) is 0 Å². The maximum absolute atomic E-state index is 5.33. The van der Waals surface area contributed by atoms with Gasteiger partial charge in [0.05, 0.1) is 23.1 Å². The number of nitrogens with one attached hydrogen (secondary N) is 2. The van der Waals surface area contributed by atoms with Gasteiger partial charge in [0.15, 0.2) is 0 Å². The molecule has 0 spiro atoms. The van der Waals surface area contributed by atoms with Crippen molar-refractivity contribution in [2.45, 2.75) is 71.3 Å². The van der Waals surface area contributed by atoms with Crippen molar-refractivity contribution < 1.29 is 0 Å². The molecule has 49 heavy (non-hydrogen) atoms. The fourth-order valence-corrected chi connectivity index (χ4v) is 6.88. The van der Waals surface area contributed by atoms with E-state index in [9.17, 15) is 0 Å². The van der Waals surface area contributed by atoms with E-state index >= 15 is 0 Å². The van der Waals surface area contributed by atoms with Crippen LogP contribution in [0.25, 0.3) is 0 Å². The quantitative estimate of drug-likeness (QED) is 0.134. The number of benzene rings is 4. The lowest BCUT2D eigenvalue weighted by molar-refractivity contribution is 0.536. The van der Waals surface area contributed by atoms with Crippen molar-refractivity contribution in [2.24, 2.45) is 4.99 Å². The molecule has 1 heterocycles. The highest BCUT2D eigenvalue weighted by molar-refractivity contribution is 6.10. The fourth-order valence-electron chi connectivity index (χ4n) is 6.88. The summed E-state index contributed by atoms with van der Waals surface area (Å²) in [6.07, 6.45) is 5.75. The minimum absolute atomic E-state index is 0.122. The summed E-state index contributed by atoms with van der Waals surface area (Å²) in [5.74, 6) is 0.897. The zero-order valence-corrected chi connectivity index (χ0v) is 30.1. The Labute approximate surface area is 294 Å². The average Bonchev–Trinajstić information content (AvgIpc) is 3.10. The number of anilines is 4. The van der Waals surface area contributed by atoms with Gasteiger partial charge in [0.2, 0.25) is 0 Å². The molecular weight excluding hydrogens is 597 g/mol. The molecule has 1 aliphatic heterocycles. The Hall–Kier alpha value is -5.09. The molecule has 2 unspecified atom stereocenters. The van der Waals surface area contributed by atoms with Gasteiger partial charge in [-0.3, -0.25) is 4.99 Å². The van der Waals surface area contributed by atoms with Crippen molar-refractivity contribution >= 4 is 28.5 Å². The Morgan fingerprint density at radius 1 is 0.837 bits per heavy atom. The summed E-state index contributed by atoms with van der Waals surface area (Å²) in [5, 5.41) is 7.36. The van der Waals surface area contributed by atoms with E-state index in [1.807, 2.05) is 24.3 Å². The third-order valence-corrected chi connectivity index (χ3v) is 9.47. The molecule has 0 amide bonds. The van der Waals surface area contributed by atoms with Crippen LogP contribution in [0.3, 0.4) is 0 Å². The number of hydrogen-bond acceptors (Lipinski definition) is 4. The normalized spacial score (nSPS) is 15.8. The van der Waals surface area contributed by atoms with Crippen LogP contribution in [0.2, 0.25) is 0 Å². The first-order valence-electron chi connectivity index (χ1n) is 17.5. The lowest BCUT2D eigenvalue weighted by Crippen LogP contribution is -2.34. The van der Waals surface area contributed by atoms with Crippen molar-refractivity contribution in [1.29, 1.82) is 0 Å². The summed E-state index contributed by atoms with van der Waals surface area (Å²) in [4.78, 5) is 7.55. The summed E-state index contributed by atoms with van der Waals surface area (Å²) in [6.45, 7) is 24.4. The molecule has 1 aliphatic rings. The number of hydrogen-bond donors (Lipinski definition) is 2.